The fourth-order valence-electron chi connectivity index (χ4n) is 0.943. The maximum Gasteiger partial charge on any atom is 0.0626 e. The van der Waals surface area contributed by atoms with Crippen molar-refractivity contribution in [2.45, 2.75) is 24.7 Å². The lowest BCUT2D eigenvalue weighted by Crippen LogP contribution is -2.33. The normalized spacial score (nSPS) is 22.2. The third-order valence-electron chi connectivity index (χ3n) is 2.23. The third-order valence-corrected chi connectivity index (χ3v) is 5.51. The van der Waals surface area contributed by atoms with E-state index >= 15 is 0 Å². The van der Waals surface area contributed by atoms with Gasteiger partial charge in [-0.2, -0.15) is 0 Å². The Labute approximate surface area is 57.4 Å². The lowest BCUT2D eigenvalue weighted by molar-refractivity contribution is 0.288. The maximum absolute atomic E-state index is 8.96. The monoisotopic (exact) mass is 142 g/mol. The Hall–Kier alpha value is -0.0831. The Kier molecular flexibility index (Phi) is 1.33. The first-order chi connectivity index (χ1) is 4.02. The SMILES string of the molecule is C[Si](C)(C)C1(CO)C=C1. The average molecular weight is 142 g/mol. The minimum atomic E-state index is -1.13. The summed E-state index contributed by atoms with van der Waals surface area (Å²) in [4.78, 5) is 0. The second-order valence-corrected chi connectivity index (χ2v) is 9.21. The van der Waals surface area contributed by atoms with Crippen LogP contribution in [0.2, 0.25) is 24.7 Å². The van der Waals surface area contributed by atoms with Crippen LogP contribution in [0.3, 0.4) is 0 Å². The molecule has 0 aromatic carbocycles. The van der Waals surface area contributed by atoms with E-state index in [9.17, 15) is 0 Å². The van der Waals surface area contributed by atoms with Crippen LogP contribution in [0.15, 0.2) is 12.2 Å². The van der Waals surface area contributed by atoms with Gasteiger partial charge in [-0.25, -0.2) is 0 Å². The second-order valence-electron chi connectivity index (χ2n) is 3.78. The molecule has 52 valence electrons. The van der Waals surface area contributed by atoms with Crippen molar-refractivity contribution in [1.82, 2.24) is 0 Å². The van der Waals surface area contributed by atoms with Gasteiger partial charge in [-0.15, -0.1) is 0 Å². The van der Waals surface area contributed by atoms with E-state index in [1.807, 2.05) is 0 Å². The Balaban J connectivity index is 2.61. The van der Waals surface area contributed by atoms with Gasteiger partial charge in [0, 0.05) is 5.04 Å². The number of rotatable bonds is 2. The van der Waals surface area contributed by atoms with Gasteiger partial charge in [0.15, 0.2) is 0 Å². The maximum atomic E-state index is 8.96. The summed E-state index contributed by atoms with van der Waals surface area (Å²) >= 11 is 0. The van der Waals surface area contributed by atoms with Crippen LogP contribution >= 0.6 is 0 Å². The van der Waals surface area contributed by atoms with Gasteiger partial charge in [-0.1, -0.05) is 31.8 Å². The first kappa shape index (κ1) is 7.03. The summed E-state index contributed by atoms with van der Waals surface area (Å²) in [6.07, 6.45) is 4.28. The molecule has 0 saturated carbocycles. The van der Waals surface area contributed by atoms with E-state index in [1.54, 1.807) is 0 Å². The van der Waals surface area contributed by atoms with Crippen LogP contribution in [0.4, 0.5) is 0 Å². The molecule has 0 atom stereocenters. The molecule has 0 unspecified atom stereocenters. The summed E-state index contributed by atoms with van der Waals surface area (Å²) in [5.41, 5.74) is 0. The topological polar surface area (TPSA) is 20.2 Å². The molecule has 2 heteroatoms. The van der Waals surface area contributed by atoms with Crippen molar-refractivity contribution in [2.24, 2.45) is 0 Å². The average Bonchev–Trinajstić information content (AvgIpc) is 2.40. The summed E-state index contributed by atoms with van der Waals surface area (Å²) in [5, 5.41) is 9.14. The van der Waals surface area contributed by atoms with Crippen LogP contribution in [0, 0.1) is 0 Å². The number of hydrogen-bond acceptors (Lipinski definition) is 1. The van der Waals surface area contributed by atoms with Crippen molar-refractivity contribution in [1.29, 1.82) is 0 Å². The summed E-state index contributed by atoms with van der Waals surface area (Å²) in [6.45, 7) is 7.17. The van der Waals surface area contributed by atoms with Gasteiger partial charge in [0.25, 0.3) is 0 Å². The lowest BCUT2D eigenvalue weighted by Gasteiger charge is -2.26. The van der Waals surface area contributed by atoms with Crippen LogP contribution in [0.5, 0.6) is 0 Å². The minimum absolute atomic E-state index is 0.174. The van der Waals surface area contributed by atoms with E-state index in [1.165, 1.54) is 0 Å². The van der Waals surface area contributed by atoms with Gasteiger partial charge >= 0.3 is 0 Å². The molecule has 1 aliphatic carbocycles. The Bertz CT molecular complexity index is 137. The van der Waals surface area contributed by atoms with Crippen LogP contribution in [0.1, 0.15) is 0 Å². The van der Waals surface area contributed by atoms with Crippen molar-refractivity contribution >= 4 is 8.07 Å². The van der Waals surface area contributed by atoms with E-state index in [0.717, 1.165) is 0 Å². The molecule has 1 N–H and O–H groups in total. The molecule has 0 amide bonds. The molecule has 0 fully saturated rings. The van der Waals surface area contributed by atoms with Gasteiger partial charge in [-0.05, 0) is 0 Å². The molecule has 0 heterocycles. The van der Waals surface area contributed by atoms with Crippen LogP contribution in [-0.4, -0.2) is 19.8 Å². The van der Waals surface area contributed by atoms with E-state index < -0.39 is 8.07 Å². The Morgan fingerprint density at radius 1 is 1.33 bits per heavy atom. The van der Waals surface area contributed by atoms with Crippen LogP contribution in [-0.2, 0) is 0 Å². The zero-order valence-electron chi connectivity index (χ0n) is 6.31. The molecule has 0 aromatic heterocycles. The van der Waals surface area contributed by atoms with Crippen LogP contribution in [0.25, 0.3) is 0 Å². The van der Waals surface area contributed by atoms with Crippen molar-refractivity contribution in [3.8, 4) is 0 Å². The summed E-state index contributed by atoms with van der Waals surface area (Å²) in [6, 6.07) is 0. The van der Waals surface area contributed by atoms with Crippen molar-refractivity contribution < 1.29 is 5.11 Å². The first-order valence-corrected chi connectivity index (χ1v) is 6.83. The number of aliphatic hydroxyl groups is 1. The largest absolute Gasteiger partial charge is 0.395 e. The molecule has 1 aliphatic rings. The van der Waals surface area contributed by atoms with E-state index in [4.69, 9.17) is 5.11 Å². The highest BCUT2D eigenvalue weighted by Crippen LogP contribution is 2.50. The zero-order chi connectivity index (χ0) is 7.12. The molecule has 9 heavy (non-hydrogen) atoms. The molecule has 0 bridgehead atoms. The molecular weight excluding hydrogens is 128 g/mol. The smallest absolute Gasteiger partial charge is 0.0626 e. The highest BCUT2D eigenvalue weighted by Gasteiger charge is 2.45. The minimum Gasteiger partial charge on any atom is -0.395 e. The van der Waals surface area contributed by atoms with Crippen LogP contribution < -0.4 is 0 Å². The molecular formula is C7H14OSi. The molecule has 0 spiro atoms. The van der Waals surface area contributed by atoms with Gasteiger partial charge in [0.1, 0.15) is 0 Å². The van der Waals surface area contributed by atoms with Crippen molar-refractivity contribution in [3.63, 3.8) is 0 Å². The Morgan fingerprint density at radius 2 is 1.78 bits per heavy atom. The number of hydrogen-bond donors (Lipinski definition) is 1. The van der Waals surface area contributed by atoms with E-state index in [0.29, 0.717) is 6.61 Å². The number of aliphatic hydroxyl groups excluding tert-OH is 1. The third kappa shape index (κ3) is 0.968. The molecule has 1 nitrogen and oxygen atoms in total. The second kappa shape index (κ2) is 1.70. The predicted octanol–water partition coefficient (Wildman–Crippen LogP) is 1.63. The zero-order valence-corrected chi connectivity index (χ0v) is 7.31. The molecule has 0 saturated heterocycles. The van der Waals surface area contributed by atoms with E-state index in [-0.39, 0.29) is 5.04 Å². The summed E-state index contributed by atoms with van der Waals surface area (Å²) in [5.74, 6) is 0. The molecule has 0 aromatic rings. The highest BCUT2D eigenvalue weighted by molar-refractivity contribution is 6.81. The molecule has 1 rings (SSSR count). The fraction of sp³-hybridized carbons (Fsp3) is 0.714. The molecule has 0 radical (unpaired) electrons. The lowest BCUT2D eigenvalue weighted by atomic mass is 10.4. The quantitative estimate of drug-likeness (QED) is 0.459. The van der Waals surface area contributed by atoms with Gasteiger partial charge < -0.3 is 5.11 Å². The first-order valence-electron chi connectivity index (χ1n) is 3.33. The van der Waals surface area contributed by atoms with Gasteiger partial charge in [0.05, 0.1) is 14.7 Å². The van der Waals surface area contributed by atoms with Gasteiger partial charge in [0.2, 0.25) is 0 Å². The van der Waals surface area contributed by atoms with Crippen molar-refractivity contribution in [3.05, 3.63) is 12.2 Å². The Morgan fingerprint density at radius 3 is 1.78 bits per heavy atom. The summed E-state index contributed by atoms with van der Waals surface area (Å²) < 4.78 is 0. The predicted molar refractivity (Wildman–Crippen MR) is 42.3 cm³/mol. The fourth-order valence-corrected chi connectivity index (χ4v) is 2.50. The van der Waals surface area contributed by atoms with Gasteiger partial charge in [-0.3, -0.25) is 0 Å². The van der Waals surface area contributed by atoms with Crippen molar-refractivity contribution in [2.75, 3.05) is 6.61 Å². The standard InChI is InChI=1S/C7H14OSi/c1-9(2,3)7(6-8)4-5-7/h4-5,8H,6H2,1-3H3. The highest BCUT2D eigenvalue weighted by atomic mass is 28.3. The molecule has 0 aliphatic heterocycles. The summed E-state index contributed by atoms with van der Waals surface area (Å²) in [7, 11) is -1.13. The van der Waals surface area contributed by atoms with E-state index in [2.05, 4.69) is 31.8 Å².